The van der Waals surface area contributed by atoms with E-state index in [0.29, 0.717) is 11.8 Å². The van der Waals surface area contributed by atoms with E-state index in [0.717, 1.165) is 25.7 Å². The minimum absolute atomic E-state index is 0.00102. The average Bonchev–Trinajstić information content (AvgIpc) is 2.25. The van der Waals surface area contributed by atoms with Gasteiger partial charge in [-0.1, -0.05) is 13.8 Å². The Morgan fingerprint density at radius 1 is 1.18 bits per heavy atom. The second-order valence-corrected chi connectivity index (χ2v) is 5.91. The first kappa shape index (κ1) is 12.8. The van der Waals surface area contributed by atoms with E-state index in [1.54, 1.807) is 0 Å². The molecule has 4 heteroatoms. The van der Waals surface area contributed by atoms with E-state index in [9.17, 15) is 13.6 Å². The van der Waals surface area contributed by atoms with Crippen LogP contribution in [0.15, 0.2) is 0 Å². The van der Waals surface area contributed by atoms with Gasteiger partial charge in [-0.15, -0.1) is 0 Å². The smallest absolute Gasteiger partial charge is 0.282 e. The van der Waals surface area contributed by atoms with Crippen LogP contribution < -0.4 is 0 Å². The van der Waals surface area contributed by atoms with Crippen LogP contribution >= 0.6 is 0 Å². The third kappa shape index (κ3) is 2.78. The topological polar surface area (TPSA) is 20.3 Å². The zero-order valence-electron chi connectivity index (χ0n) is 10.6. The van der Waals surface area contributed by atoms with E-state index in [4.69, 9.17) is 0 Å². The van der Waals surface area contributed by atoms with Crippen molar-refractivity contribution in [1.82, 2.24) is 4.90 Å². The summed E-state index contributed by atoms with van der Waals surface area (Å²) in [5.74, 6) is -1.30. The number of hydrogen-bond acceptors (Lipinski definition) is 1. The molecule has 2 fully saturated rings. The van der Waals surface area contributed by atoms with Crippen molar-refractivity contribution >= 4 is 5.91 Å². The van der Waals surface area contributed by atoms with Crippen molar-refractivity contribution in [1.29, 1.82) is 0 Å². The van der Waals surface area contributed by atoms with E-state index in [2.05, 4.69) is 13.8 Å². The Hall–Kier alpha value is -0.670. The van der Waals surface area contributed by atoms with Crippen LogP contribution in [0, 0.1) is 17.8 Å². The van der Waals surface area contributed by atoms with Crippen molar-refractivity contribution in [3.63, 3.8) is 0 Å². The van der Waals surface area contributed by atoms with Crippen molar-refractivity contribution < 1.29 is 13.6 Å². The van der Waals surface area contributed by atoms with Crippen molar-refractivity contribution in [3.05, 3.63) is 0 Å². The molecule has 17 heavy (non-hydrogen) atoms. The summed E-state index contributed by atoms with van der Waals surface area (Å²) in [7, 11) is 0. The highest BCUT2D eigenvalue weighted by molar-refractivity contribution is 5.80. The molecule has 2 rings (SSSR count). The van der Waals surface area contributed by atoms with Crippen LogP contribution in [0.5, 0.6) is 0 Å². The molecule has 2 aliphatic rings. The van der Waals surface area contributed by atoms with E-state index in [-0.39, 0.29) is 24.9 Å². The Kier molecular flexibility index (Phi) is 3.41. The molecule has 0 atom stereocenters. The summed E-state index contributed by atoms with van der Waals surface area (Å²) in [5.41, 5.74) is 0. The van der Waals surface area contributed by atoms with Crippen molar-refractivity contribution in [2.75, 3.05) is 13.1 Å². The fourth-order valence-corrected chi connectivity index (χ4v) is 2.96. The molecule has 98 valence electrons. The zero-order chi connectivity index (χ0) is 12.6. The zero-order valence-corrected chi connectivity index (χ0v) is 10.6. The molecular formula is C13H21F2NO. The summed E-state index contributed by atoms with van der Waals surface area (Å²) < 4.78 is 25.4. The van der Waals surface area contributed by atoms with Crippen LogP contribution in [0.4, 0.5) is 8.78 Å². The van der Waals surface area contributed by atoms with Gasteiger partial charge in [0, 0.05) is 5.92 Å². The van der Waals surface area contributed by atoms with Gasteiger partial charge in [-0.05, 0) is 37.5 Å². The lowest BCUT2D eigenvalue weighted by Crippen LogP contribution is -2.59. The summed E-state index contributed by atoms with van der Waals surface area (Å²) in [6.07, 6.45) is 3.89. The molecule has 1 aliphatic heterocycles. The first-order valence-corrected chi connectivity index (χ1v) is 6.55. The van der Waals surface area contributed by atoms with Crippen LogP contribution in [0.25, 0.3) is 0 Å². The molecule has 0 unspecified atom stereocenters. The molecule has 0 aromatic carbocycles. The van der Waals surface area contributed by atoms with E-state index < -0.39 is 5.92 Å². The highest BCUT2D eigenvalue weighted by Crippen LogP contribution is 2.36. The van der Waals surface area contributed by atoms with Gasteiger partial charge in [-0.2, -0.15) is 0 Å². The van der Waals surface area contributed by atoms with Gasteiger partial charge < -0.3 is 4.90 Å². The minimum Gasteiger partial charge on any atom is -0.330 e. The Balaban J connectivity index is 1.79. The van der Waals surface area contributed by atoms with Gasteiger partial charge in [0.15, 0.2) is 0 Å². The first-order valence-electron chi connectivity index (χ1n) is 6.55. The summed E-state index contributed by atoms with van der Waals surface area (Å²) in [6, 6.07) is 0. The Bertz CT molecular complexity index is 288. The van der Waals surface area contributed by atoms with Gasteiger partial charge in [0.05, 0.1) is 13.1 Å². The second-order valence-electron chi connectivity index (χ2n) is 5.91. The average molecular weight is 245 g/mol. The van der Waals surface area contributed by atoms with Crippen molar-refractivity contribution in [3.8, 4) is 0 Å². The first-order chi connectivity index (χ1) is 7.89. The summed E-state index contributed by atoms with van der Waals surface area (Å²) in [4.78, 5) is 13.3. The number of carbonyl (C=O) groups excluding carboxylic acids is 1. The fourth-order valence-electron chi connectivity index (χ4n) is 2.96. The number of likely N-dealkylation sites (tertiary alicyclic amines) is 1. The SMILES string of the molecule is CC(C)[C@H]1CC[C@@H](C(=O)N2CC(F)(F)C2)CC1. The lowest BCUT2D eigenvalue weighted by atomic mass is 9.76. The van der Waals surface area contributed by atoms with E-state index in [1.165, 1.54) is 4.90 Å². The fraction of sp³-hybridized carbons (Fsp3) is 0.923. The van der Waals surface area contributed by atoms with Crippen molar-refractivity contribution in [2.24, 2.45) is 17.8 Å². The Labute approximate surface area is 101 Å². The Morgan fingerprint density at radius 2 is 1.71 bits per heavy atom. The monoisotopic (exact) mass is 245 g/mol. The third-order valence-electron chi connectivity index (χ3n) is 4.22. The summed E-state index contributed by atoms with van der Waals surface area (Å²) in [5, 5.41) is 0. The number of rotatable bonds is 2. The van der Waals surface area contributed by atoms with Crippen LogP contribution in [0.3, 0.4) is 0 Å². The largest absolute Gasteiger partial charge is 0.330 e. The van der Waals surface area contributed by atoms with Crippen LogP contribution in [0.1, 0.15) is 39.5 Å². The normalized spacial score (nSPS) is 32.4. The molecule has 0 aromatic heterocycles. The molecule has 0 bridgehead atoms. The number of amides is 1. The molecule has 2 nitrogen and oxygen atoms in total. The molecule has 1 saturated heterocycles. The van der Waals surface area contributed by atoms with Gasteiger partial charge >= 0.3 is 0 Å². The predicted molar refractivity (Wildman–Crippen MR) is 61.8 cm³/mol. The molecule has 0 aromatic rings. The number of hydrogen-bond donors (Lipinski definition) is 0. The van der Waals surface area contributed by atoms with Gasteiger partial charge in [0.2, 0.25) is 5.91 Å². The van der Waals surface area contributed by atoms with E-state index >= 15 is 0 Å². The molecule has 1 heterocycles. The molecule has 1 aliphatic carbocycles. The summed E-state index contributed by atoms with van der Waals surface area (Å²) in [6.45, 7) is 3.69. The molecule has 0 radical (unpaired) electrons. The number of nitrogens with zero attached hydrogens (tertiary/aromatic N) is 1. The van der Waals surface area contributed by atoms with Gasteiger partial charge in [0.25, 0.3) is 5.92 Å². The molecular weight excluding hydrogens is 224 g/mol. The van der Waals surface area contributed by atoms with Crippen molar-refractivity contribution in [2.45, 2.75) is 45.5 Å². The molecule has 0 N–H and O–H groups in total. The maximum Gasteiger partial charge on any atom is 0.282 e. The van der Waals surface area contributed by atoms with Crippen LogP contribution in [-0.4, -0.2) is 29.8 Å². The minimum atomic E-state index is -2.63. The number of halogens is 2. The summed E-state index contributed by atoms with van der Waals surface area (Å²) >= 11 is 0. The molecule has 1 saturated carbocycles. The number of alkyl halides is 2. The van der Waals surface area contributed by atoms with E-state index in [1.807, 2.05) is 0 Å². The second kappa shape index (κ2) is 4.54. The quantitative estimate of drug-likeness (QED) is 0.732. The lowest BCUT2D eigenvalue weighted by molar-refractivity contribution is -0.170. The van der Waals surface area contributed by atoms with Gasteiger partial charge in [-0.3, -0.25) is 4.79 Å². The van der Waals surface area contributed by atoms with Gasteiger partial charge in [-0.25, -0.2) is 8.78 Å². The van der Waals surface area contributed by atoms with Crippen LogP contribution in [0.2, 0.25) is 0 Å². The molecule has 0 spiro atoms. The Morgan fingerprint density at radius 3 is 2.12 bits per heavy atom. The highest BCUT2D eigenvalue weighted by Gasteiger charge is 2.47. The van der Waals surface area contributed by atoms with Gasteiger partial charge in [0.1, 0.15) is 0 Å². The molecule has 1 amide bonds. The lowest BCUT2D eigenvalue weighted by Gasteiger charge is -2.42. The maximum absolute atomic E-state index is 12.7. The predicted octanol–water partition coefficient (Wildman–Crippen LogP) is 2.93. The standard InChI is InChI=1S/C13H21F2NO/c1-9(2)10-3-5-11(6-4-10)12(17)16-7-13(14,15)8-16/h9-11H,3-8H2,1-2H3/t10-,11+. The number of carbonyl (C=O) groups is 1. The maximum atomic E-state index is 12.7. The van der Waals surface area contributed by atoms with Crippen LogP contribution in [-0.2, 0) is 4.79 Å². The highest BCUT2D eigenvalue weighted by atomic mass is 19.3. The third-order valence-corrected chi connectivity index (χ3v) is 4.22.